The van der Waals surface area contributed by atoms with Crippen molar-refractivity contribution in [2.75, 3.05) is 20.8 Å². The quantitative estimate of drug-likeness (QED) is 0.109. The van der Waals surface area contributed by atoms with E-state index < -0.39 is 40.4 Å². The number of carbonyl (C=O) groups is 4. The minimum absolute atomic E-state index is 0.0540. The number of guanidine groups is 1. The Bertz CT molecular complexity index is 1180. The minimum Gasteiger partial charge on any atom is -0.468 e. The lowest BCUT2D eigenvalue weighted by molar-refractivity contribution is -0.147. The normalized spacial score (nSPS) is 18.7. The number of amides is 1. The second-order valence-corrected chi connectivity index (χ2v) is 11.5. The summed E-state index contributed by atoms with van der Waals surface area (Å²) < 4.78 is 14.9. The lowest BCUT2D eigenvalue weighted by Gasteiger charge is -2.18. The highest BCUT2D eigenvalue weighted by Gasteiger charge is 2.46. The van der Waals surface area contributed by atoms with E-state index in [2.05, 4.69) is 10.3 Å². The van der Waals surface area contributed by atoms with Gasteiger partial charge in [0.25, 0.3) is 5.91 Å². The number of methoxy groups -OCH3 is 2. The highest BCUT2D eigenvalue weighted by atomic mass is 32.2. The van der Waals surface area contributed by atoms with Crippen molar-refractivity contribution in [3.63, 3.8) is 0 Å². The molecule has 0 radical (unpaired) electrons. The monoisotopic (exact) mass is 588 g/mol. The Kier molecular flexibility index (Phi) is 11.7. The first-order valence-corrected chi connectivity index (χ1v) is 14.3. The maximum atomic E-state index is 13.0. The summed E-state index contributed by atoms with van der Waals surface area (Å²) >= 11 is 2.58. The molecule has 0 bridgehead atoms. The van der Waals surface area contributed by atoms with Crippen molar-refractivity contribution in [3.05, 3.63) is 71.3 Å². The van der Waals surface area contributed by atoms with E-state index in [0.29, 0.717) is 18.5 Å². The second-order valence-electron chi connectivity index (χ2n) is 8.68. The molecule has 1 heterocycles. The fourth-order valence-corrected chi connectivity index (χ4v) is 7.25. The lowest BCUT2D eigenvalue weighted by atomic mass is 10.1. The van der Waals surface area contributed by atoms with Crippen molar-refractivity contribution in [3.8, 4) is 0 Å². The Morgan fingerprint density at radius 2 is 1.52 bits per heavy atom. The summed E-state index contributed by atoms with van der Waals surface area (Å²) in [6.07, 6.45) is 0.717. The first-order valence-electron chi connectivity index (χ1n) is 12.4. The standard InChI is InChI=1S/C27H32N4O7S2/c1-36-24(34)20-21(25(35)37-2)40-26(39-20)18-12-10-17(11-13-18)22(32)31-19(9-6-14-30-27(28)29)23(33)38-15-16-7-4-3-5-8-16/h3-5,7-8,10-13,19-21,26H,6,9,14-15H2,1-2H3,(H,31,32)(H4,28,29,30). The number of ether oxygens (including phenoxy) is 3. The van der Waals surface area contributed by atoms with Gasteiger partial charge in [-0.25, -0.2) is 4.79 Å². The molecule has 1 aliphatic heterocycles. The van der Waals surface area contributed by atoms with E-state index in [9.17, 15) is 19.2 Å². The van der Waals surface area contributed by atoms with Crippen LogP contribution in [0.2, 0.25) is 0 Å². The molecule has 214 valence electrons. The van der Waals surface area contributed by atoms with Crippen LogP contribution < -0.4 is 16.8 Å². The van der Waals surface area contributed by atoms with E-state index >= 15 is 0 Å². The first kappa shape index (κ1) is 30.8. The van der Waals surface area contributed by atoms with Gasteiger partial charge in [0.15, 0.2) is 5.96 Å². The number of aliphatic imine (C=N–C) groups is 1. The van der Waals surface area contributed by atoms with Crippen molar-refractivity contribution in [1.82, 2.24) is 5.32 Å². The number of carbonyl (C=O) groups excluding carboxylic acids is 4. The van der Waals surface area contributed by atoms with Crippen LogP contribution in [0.1, 0.15) is 38.9 Å². The van der Waals surface area contributed by atoms with Crippen LogP contribution in [0.15, 0.2) is 59.6 Å². The molecule has 3 unspecified atom stereocenters. The van der Waals surface area contributed by atoms with Crippen LogP contribution >= 0.6 is 23.5 Å². The molecule has 3 atom stereocenters. The van der Waals surface area contributed by atoms with Gasteiger partial charge in [-0.1, -0.05) is 42.5 Å². The van der Waals surface area contributed by atoms with Crippen molar-refractivity contribution in [1.29, 1.82) is 0 Å². The molecule has 2 aromatic carbocycles. The zero-order valence-electron chi connectivity index (χ0n) is 22.1. The topological polar surface area (TPSA) is 172 Å². The third kappa shape index (κ3) is 8.65. The highest BCUT2D eigenvalue weighted by molar-refractivity contribution is 8.21. The Morgan fingerprint density at radius 1 is 0.925 bits per heavy atom. The molecule has 13 heteroatoms. The third-order valence-corrected chi connectivity index (χ3v) is 9.28. The summed E-state index contributed by atoms with van der Waals surface area (Å²) in [7, 11) is 2.54. The predicted molar refractivity (Wildman–Crippen MR) is 153 cm³/mol. The summed E-state index contributed by atoms with van der Waals surface area (Å²) in [5.41, 5.74) is 12.7. The van der Waals surface area contributed by atoms with E-state index in [1.165, 1.54) is 37.7 Å². The zero-order valence-corrected chi connectivity index (χ0v) is 23.7. The van der Waals surface area contributed by atoms with Gasteiger partial charge >= 0.3 is 17.9 Å². The molecular weight excluding hydrogens is 556 g/mol. The lowest BCUT2D eigenvalue weighted by Crippen LogP contribution is -2.42. The average Bonchev–Trinajstić information content (AvgIpc) is 3.42. The fraction of sp³-hybridized carbons (Fsp3) is 0.370. The first-order chi connectivity index (χ1) is 19.2. The molecule has 3 rings (SSSR count). The molecule has 0 saturated carbocycles. The van der Waals surface area contributed by atoms with E-state index in [-0.39, 0.29) is 23.6 Å². The predicted octanol–water partition coefficient (Wildman–Crippen LogP) is 2.14. The minimum atomic E-state index is -0.910. The molecule has 1 amide bonds. The van der Waals surface area contributed by atoms with Gasteiger partial charge in [-0.2, -0.15) is 0 Å². The smallest absolute Gasteiger partial charge is 0.328 e. The number of nitrogens with two attached hydrogens (primary N) is 2. The van der Waals surface area contributed by atoms with Crippen LogP contribution in [0, 0.1) is 0 Å². The molecule has 2 aromatic rings. The number of nitrogens with zero attached hydrogens (tertiary/aromatic N) is 1. The third-order valence-electron chi connectivity index (χ3n) is 5.89. The van der Waals surface area contributed by atoms with Crippen LogP contribution in [0.25, 0.3) is 0 Å². The van der Waals surface area contributed by atoms with E-state index in [1.54, 1.807) is 24.3 Å². The van der Waals surface area contributed by atoms with Crippen LogP contribution in [0.4, 0.5) is 0 Å². The number of hydrogen-bond donors (Lipinski definition) is 3. The number of esters is 3. The van der Waals surface area contributed by atoms with Crippen LogP contribution in [-0.2, 0) is 35.2 Å². The van der Waals surface area contributed by atoms with Gasteiger partial charge in [0.2, 0.25) is 0 Å². The van der Waals surface area contributed by atoms with Crippen molar-refractivity contribution in [2.45, 2.75) is 40.6 Å². The summed E-state index contributed by atoms with van der Waals surface area (Å²) in [6, 6.07) is 15.0. The summed E-state index contributed by atoms with van der Waals surface area (Å²) in [4.78, 5) is 54.2. The highest BCUT2D eigenvalue weighted by Crippen LogP contribution is 2.54. The van der Waals surface area contributed by atoms with Crippen molar-refractivity contribution >= 4 is 53.3 Å². The number of thioether (sulfide) groups is 2. The SMILES string of the molecule is COC(=O)C1SC(c2ccc(C(=O)NC(CCCN=C(N)N)C(=O)OCc3ccccc3)cc2)SC1C(=O)OC. The largest absolute Gasteiger partial charge is 0.468 e. The molecule has 40 heavy (non-hydrogen) atoms. The molecule has 1 saturated heterocycles. The number of hydrogen-bond acceptors (Lipinski definition) is 10. The molecule has 1 aliphatic rings. The van der Waals surface area contributed by atoms with Crippen LogP contribution in [0.5, 0.6) is 0 Å². The average molecular weight is 589 g/mol. The van der Waals surface area contributed by atoms with Gasteiger partial charge in [-0.05, 0) is 36.1 Å². The molecule has 0 spiro atoms. The van der Waals surface area contributed by atoms with Gasteiger partial charge in [-0.3, -0.25) is 19.4 Å². The molecule has 0 aliphatic carbocycles. The van der Waals surface area contributed by atoms with Crippen LogP contribution in [0.3, 0.4) is 0 Å². The molecule has 11 nitrogen and oxygen atoms in total. The zero-order chi connectivity index (χ0) is 29.1. The van der Waals surface area contributed by atoms with Gasteiger partial charge in [-0.15, -0.1) is 23.5 Å². The number of benzene rings is 2. The summed E-state index contributed by atoms with van der Waals surface area (Å²) in [6.45, 7) is 0.371. The Balaban J connectivity index is 1.66. The van der Waals surface area contributed by atoms with Crippen molar-refractivity contribution < 1.29 is 33.4 Å². The van der Waals surface area contributed by atoms with Crippen molar-refractivity contribution in [2.24, 2.45) is 16.5 Å². The summed E-state index contributed by atoms with van der Waals surface area (Å²) in [5.74, 6) is -2.09. The molecular formula is C27H32N4O7S2. The molecule has 0 aromatic heterocycles. The summed E-state index contributed by atoms with van der Waals surface area (Å²) in [5, 5.41) is 1.33. The van der Waals surface area contributed by atoms with Crippen LogP contribution in [-0.4, -0.2) is 67.1 Å². The van der Waals surface area contributed by atoms with Gasteiger partial charge in [0, 0.05) is 12.1 Å². The number of nitrogens with one attached hydrogen (secondary N) is 1. The Labute approximate surface area is 240 Å². The van der Waals surface area contributed by atoms with Gasteiger partial charge < -0.3 is 31.0 Å². The fourth-order valence-electron chi connectivity index (χ4n) is 3.80. The van der Waals surface area contributed by atoms with Gasteiger partial charge in [0.1, 0.15) is 23.1 Å². The number of rotatable bonds is 12. The molecule has 1 fully saturated rings. The second kappa shape index (κ2) is 15.2. The molecule has 5 N–H and O–H groups in total. The van der Waals surface area contributed by atoms with Gasteiger partial charge in [0.05, 0.1) is 18.8 Å². The Hall–Kier alpha value is -3.71. The maximum absolute atomic E-state index is 13.0. The maximum Gasteiger partial charge on any atom is 0.328 e. The van der Waals surface area contributed by atoms with E-state index in [0.717, 1.165) is 11.1 Å². The van der Waals surface area contributed by atoms with E-state index in [1.807, 2.05) is 30.3 Å². The van der Waals surface area contributed by atoms with E-state index in [4.69, 9.17) is 25.7 Å². The Morgan fingerprint density at radius 3 is 2.08 bits per heavy atom.